The third-order valence-corrected chi connectivity index (χ3v) is 5.65. The van der Waals surface area contributed by atoms with Crippen LogP contribution in [0.3, 0.4) is 0 Å². The lowest BCUT2D eigenvalue weighted by molar-refractivity contribution is 0.0588. The summed E-state index contributed by atoms with van der Waals surface area (Å²) in [5, 5.41) is 0. The summed E-state index contributed by atoms with van der Waals surface area (Å²) in [7, 11) is 0. The van der Waals surface area contributed by atoms with Crippen LogP contribution in [-0.4, -0.2) is 43.4 Å². The largest absolute Gasteiger partial charge is 0.336 e. The van der Waals surface area contributed by atoms with Crippen LogP contribution in [0.25, 0.3) is 11.1 Å². The highest BCUT2D eigenvalue weighted by Crippen LogP contribution is 2.36. The van der Waals surface area contributed by atoms with E-state index < -0.39 is 0 Å². The molecule has 2 atom stereocenters. The van der Waals surface area contributed by atoms with E-state index in [0.717, 1.165) is 17.7 Å². The quantitative estimate of drug-likeness (QED) is 0.686. The third-order valence-electron chi connectivity index (χ3n) is 5.65. The summed E-state index contributed by atoms with van der Waals surface area (Å²) in [4.78, 5) is 40.0. The van der Waals surface area contributed by atoms with E-state index in [0.29, 0.717) is 30.9 Å². The van der Waals surface area contributed by atoms with Crippen LogP contribution in [0, 0.1) is 5.92 Å². The molecule has 0 N–H and O–H groups in total. The molecule has 5 rings (SSSR count). The minimum absolute atomic E-state index is 0.0221. The molecule has 28 heavy (non-hydrogen) atoms. The van der Waals surface area contributed by atoms with Crippen LogP contribution in [0.2, 0.25) is 0 Å². The Morgan fingerprint density at radius 2 is 1.89 bits per heavy atom. The number of rotatable bonds is 2. The first-order chi connectivity index (χ1) is 13.7. The summed E-state index contributed by atoms with van der Waals surface area (Å²) < 4.78 is 1.89. The fraction of sp³-hybridized carbons (Fsp3) is 0.286. The summed E-state index contributed by atoms with van der Waals surface area (Å²) in [6.07, 6.45) is 9.01. The molecule has 0 aromatic carbocycles. The van der Waals surface area contributed by atoms with E-state index in [2.05, 4.69) is 15.0 Å². The third kappa shape index (κ3) is 2.79. The van der Waals surface area contributed by atoms with Gasteiger partial charge < -0.3 is 9.47 Å². The molecule has 7 heteroatoms. The molecule has 1 saturated heterocycles. The molecular formula is C21H19N5O2. The first kappa shape index (κ1) is 16.8. The van der Waals surface area contributed by atoms with E-state index in [1.807, 2.05) is 33.7 Å². The second-order valence-corrected chi connectivity index (χ2v) is 7.43. The summed E-state index contributed by atoms with van der Waals surface area (Å²) in [6, 6.07) is 7.65. The number of aromatic nitrogens is 4. The number of hydrogen-bond acceptors (Lipinski definition) is 5. The zero-order chi connectivity index (χ0) is 19.1. The van der Waals surface area contributed by atoms with Gasteiger partial charge in [-0.2, -0.15) is 0 Å². The lowest BCUT2D eigenvalue weighted by Gasteiger charge is -2.42. The Morgan fingerprint density at radius 3 is 2.68 bits per heavy atom. The number of fused-ring (bicyclic) bond motifs is 4. The molecule has 3 aromatic heterocycles. The van der Waals surface area contributed by atoms with Crippen molar-refractivity contribution in [2.75, 3.05) is 13.1 Å². The maximum atomic E-state index is 13.1. The monoisotopic (exact) mass is 373 g/mol. The zero-order valence-electron chi connectivity index (χ0n) is 15.2. The van der Waals surface area contributed by atoms with E-state index >= 15 is 0 Å². The van der Waals surface area contributed by atoms with Crippen molar-refractivity contribution in [3.05, 3.63) is 77.0 Å². The van der Waals surface area contributed by atoms with Gasteiger partial charge in [-0.15, -0.1) is 0 Å². The molecule has 2 aliphatic rings. The maximum Gasteiger partial charge on any atom is 0.274 e. The molecule has 3 aromatic rings. The Morgan fingerprint density at radius 1 is 1.00 bits per heavy atom. The van der Waals surface area contributed by atoms with E-state index in [9.17, 15) is 9.59 Å². The highest BCUT2D eigenvalue weighted by atomic mass is 16.2. The summed E-state index contributed by atoms with van der Waals surface area (Å²) >= 11 is 0. The first-order valence-electron chi connectivity index (χ1n) is 9.40. The van der Waals surface area contributed by atoms with Gasteiger partial charge >= 0.3 is 0 Å². The van der Waals surface area contributed by atoms with Gasteiger partial charge in [0, 0.05) is 67.2 Å². The van der Waals surface area contributed by atoms with Gasteiger partial charge in [0.2, 0.25) is 0 Å². The second kappa shape index (κ2) is 6.67. The molecule has 1 amide bonds. The van der Waals surface area contributed by atoms with Gasteiger partial charge in [-0.1, -0.05) is 6.07 Å². The predicted molar refractivity (Wildman–Crippen MR) is 103 cm³/mol. The Kier molecular flexibility index (Phi) is 4.00. The molecule has 0 spiro atoms. The van der Waals surface area contributed by atoms with Gasteiger partial charge in [-0.05, 0) is 30.5 Å². The van der Waals surface area contributed by atoms with Crippen LogP contribution in [0.15, 0.2) is 60.0 Å². The van der Waals surface area contributed by atoms with Crippen LogP contribution < -0.4 is 5.56 Å². The minimum Gasteiger partial charge on any atom is -0.336 e. The van der Waals surface area contributed by atoms with Crippen LogP contribution in [0.4, 0.5) is 0 Å². The van der Waals surface area contributed by atoms with E-state index in [1.54, 1.807) is 18.6 Å². The van der Waals surface area contributed by atoms with Crippen molar-refractivity contribution in [1.29, 1.82) is 0 Å². The van der Waals surface area contributed by atoms with Gasteiger partial charge in [0.15, 0.2) is 0 Å². The summed E-state index contributed by atoms with van der Waals surface area (Å²) in [5.74, 6) is 0.322. The Hall–Kier alpha value is -3.35. The molecule has 5 heterocycles. The molecule has 0 saturated carbocycles. The average Bonchev–Trinajstić information content (AvgIpc) is 2.75. The average molecular weight is 373 g/mol. The Labute approximate surface area is 161 Å². The number of amides is 1. The molecule has 2 unspecified atom stereocenters. The zero-order valence-corrected chi connectivity index (χ0v) is 15.2. The normalized spacial score (nSPS) is 20.5. The predicted octanol–water partition coefficient (Wildman–Crippen LogP) is 1.96. The minimum atomic E-state index is -0.0921. The topological polar surface area (TPSA) is 81.0 Å². The van der Waals surface area contributed by atoms with Crippen molar-refractivity contribution in [1.82, 2.24) is 24.4 Å². The number of carbonyl (C=O) groups excluding carboxylic acids is 1. The smallest absolute Gasteiger partial charge is 0.274 e. The summed E-state index contributed by atoms with van der Waals surface area (Å²) in [6.45, 7) is 1.86. The van der Waals surface area contributed by atoms with Gasteiger partial charge in [-0.3, -0.25) is 19.6 Å². The Bertz CT molecular complexity index is 1080. The van der Waals surface area contributed by atoms with Gasteiger partial charge in [0.25, 0.3) is 11.5 Å². The van der Waals surface area contributed by atoms with Crippen molar-refractivity contribution < 1.29 is 4.79 Å². The SMILES string of the molecule is O=C(c1cnccn1)N1CC2CC(C1)c1ccc(-c3cccnc3)c(=O)n1C2. The number of likely N-dealkylation sites (tertiary alicyclic amines) is 1. The standard InChI is InChI=1S/C21H19N5O2/c27-20-17(15-2-1-5-22-9-15)3-4-19-16-8-14(12-26(19)20)11-25(13-16)21(28)18-10-23-6-7-24-18/h1-7,9-10,14,16H,8,11-13H2. The highest BCUT2D eigenvalue weighted by Gasteiger charge is 2.37. The molecule has 1 fully saturated rings. The molecule has 2 bridgehead atoms. The van der Waals surface area contributed by atoms with Crippen molar-refractivity contribution in [3.8, 4) is 11.1 Å². The molecule has 0 aliphatic carbocycles. The number of nitrogens with zero attached hydrogens (tertiary/aromatic N) is 5. The van der Waals surface area contributed by atoms with Crippen LogP contribution in [-0.2, 0) is 6.54 Å². The Balaban J connectivity index is 1.47. The number of pyridine rings is 2. The number of piperidine rings is 1. The molecule has 7 nitrogen and oxygen atoms in total. The van der Waals surface area contributed by atoms with Crippen molar-refractivity contribution in [2.24, 2.45) is 5.92 Å². The van der Waals surface area contributed by atoms with Crippen molar-refractivity contribution in [2.45, 2.75) is 18.9 Å². The molecule has 2 aliphatic heterocycles. The fourth-order valence-corrected chi connectivity index (χ4v) is 4.42. The number of carbonyl (C=O) groups is 1. The molecular weight excluding hydrogens is 354 g/mol. The van der Waals surface area contributed by atoms with Crippen LogP contribution >= 0.6 is 0 Å². The van der Waals surface area contributed by atoms with Gasteiger partial charge in [0.05, 0.1) is 6.20 Å². The molecule has 0 radical (unpaired) electrons. The van der Waals surface area contributed by atoms with Crippen LogP contribution in [0.1, 0.15) is 28.5 Å². The lowest BCUT2D eigenvalue weighted by Crippen LogP contribution is -2.49. The van der Waals surface area contributed by atoms with Gasteiger partial charge in [0.1, 0.15) is 5.69 Å². The first-order valence-corrected chi connectivity index (χ1v) is 9.40. The second-order valence-electron chi connectivity index (χ2n) is 7.43. The lowest BCUT2D eigenvalue weighted by atomic mass is 9.82. The fourth-order valence-electron chi connectivity index (χ4n) is 4.42. The van der Waals surface area contributed by atoms with Crippen LogP contribution in [0.5, 0.6) is 0 Å². The highest BCUT2D eigenvalue weighted by molar-refractivity contribution is 5.92. The van der Waals surface area contributed by atoms with Crippen molar-refractivity contribution >= 4 is 5.91 Å². The van der Waals surface area contributed by atoms with E-state index in [4.69, 9.17) is 0 Å². The van der Waals surface area contributed by atoms with E-state index in [-0.39, 0.29) is 23.3 Å². The van der Waals surface area contributed by atoms with Crippen molar-refractivity contribution in [3.63, 3.8) is 0 Å². The molecule has 140 valence electrons. The maximum absolute atomic E-state index is 13.1. The number of hydrogen-bond donors (Lipinski definition) is 0. The summed E-state index contributed by atoms with van der Waals surface area (Å²) in [5.41, 5.74) is 2.90. The van der Waals surface area contributed by atoms with E-state index in [1.165, 1.54) is 12.4 Å². The van der Waals surface area contributed by atoms with Gasteiger partial charge in [-0.25, -0.2) is 4.98 Å².